The van der Waals surface area contributed by atoms with Crippen LogP contribution in [0.4, 0.5) is 5.95 Å². The molecule has 0 bridgehead atoms. The van der Waals surface area contributed by atoms with Crippen LogP contribution in [0, 0.1) is 12.8 Å². The molecule has 1 atom stereocenters. The molecule has 3 amide bonds. The fraction of sp³-hybridized carbons (Fsp3) is 0.650. The lowest BCUT2D eigenvalue weighted by Gasteiger charge is -2.26. The average Bonchev–Trinajstić information content (AvgIpc) is 2.76. The van der Waals surface area contributed by atoms with Crippen LogP contribution in [0.15, 0.2) is 6.07 Å². The van der Waals surface area contributed by atoms with Gasteiger partial charge in [0, 0.05) is 18.8 Å². The van der Waals surface area contributed by atoms with Crippen LogP contribution in [0.1, 0.15) is 68.1 Å². The Labute approximate surface area is 177 Å². The normalized spacial score (nSPS) is 14.7. The zero-order valence-electron chi connectivity index (χ0n) is 17.8. The predicted octanol–water partition coefficient (Wildman–Crippen LogP) is 1.90. The Kier molecular flexibility index (Phi) is 9.46. The number of piperidine rings is 1. The summed E-state index contributed by atoms with van der Waals surface area (Å²) in [6, 6.07) is 1.63. The quantitative estimate of drug-likeness (QED) is 0.216. The van der Waals surface area contributed by atoms with Crippen molar-refractivity contribution in [1.29, 1.82) is 0 Å². The summed E-state index contributed by atoms with van der Waals surface area (Å²) in [7, 11) is 0. The summed E-state index contributed by atoms with van der Waals surface area (Å²) in [5.41, 5.74) is 6.08. The largest absolute Gasteiger partial charge is 0.337 e. The van der Waals surface area contributed by atoms with Crippen LogP contribution in [0.5, 0.6) is 0 Å². The van der Waals surface area contributed by atoms with Gasteiger partial charge in [-0.05, 0) is 38.7 Å². The van der Waals surface area contributed by atoms with E-state index in [4.69, 9.17) is 0 Å². The lowest BCUT2D eigenvalue weighted by atomic mass is 10.0. The molecule has 0 saturated carbocycles. The molecule has 166 valence electrons. The zero-order chi connectivity index (χ0) is 21.9. The summed E-state index contributed by atoms with van der Waals surface area (Å²) in [5.74, 6) is -0.999. The Bertz CT molecular complexity index is 723. The zero-order valence-corrected chi connectivity index (χ0v) is 17.8. The van der Waals surface area contributed by atoms with Crippen LogP contribution in [0.3, 0.4) is 0 Å². The highest BCUT2D eigenvalue weighted by molar-refractivity contribution is 5.92. The third kappa shape index (κ3) is 7.25. The molecule has 10 heteroatoms. The van der Waals surface area contributed by atoms with Crippen LogP contribution in [0.2, 0.25) is 0 Å². The minimum absolute atomic E-state index is 0.103. The van der Waals surface area contributed by atoms with E-state index < -0.39 is 5.92 Å². The van der Waals surface area contributed by atoms with Crippen molar-refractivity contribution < 1.29 is 19.6 Å². The minimum atomic E-state index is -0.585. The fourth-order valence-electron chi connectivity index (χ4n) is 3.43. The second-order valence-electron chi connectivity index (χ2n) is 7.61. The summed E-state index contributed by atoms with van der Waals surface area (Å²) >= 11 is 0. The smallest absolute Gasteiger partial charge is 0.272 e. The van der Waals surface area contributed by atoms with Gasteiger partial charge in [0.05, 0.1) is 12.5 Å². The second kappa shape index (κ2) is 12.1. The van der Waals surface area contributed by atoms with Gasteiger partial charge in [-0.2, -0.15) is 0 Å². The number of carbonyl (C=O) groups is 3. The van der Waals surface area contributed by atoms with E-state index in [0.717, 1.165) is 51.6 Å². The molecule has 3 N–H and O–H groups in total. The number of rotatable bonds is 11. The molecule has 1 unspecified atom stereocenters. The standard InChI is InChI=1S/C20H32N6O4/c1-3-4-6-9-16(13-26(30)14-27)18(28)23-24-20-21-15(2)12-17(22-20)19(29)25-10-7-5-8-11-25/h12,14,16,30H,3-11,13H2,1-2H3,(H,23,28)(H,21,22,24). The van der Waals surface area contributed by atoms with Crippen molar-refractivity contribution in [1.82, 2.24) is 25.4 Å². The van der Waals surface area contributed by atoms with E-state index in [0.29, 0.717) is 17.2 Å². The van der Waals surface area contributed by atoms with Crippen LogP contribution in [-0.4, -0.2) is 63.0 Å². The highest BCUT2D eigenvalue weighted by Gasteiger charge is 2.22. The molecule has 1 fully saturated rings. The average molecular weight is 421 g/mol. The van der Waals surface area contributed by atoms with E-state index in [1.54, 1.807) is 17.9 Å². The fourth-order valence-corrected chi connectivity index (χ4v) is 3.43. The van der Waals surface area contributed by atoms with Gasteiger partial charge in [0.1, 0.15) is 5.69 Å². The van der Waals surface area contributed by atoms with Crippen molar-refractivity contribution in [2.24, 2.45) is 5.92 Å². The van der Waals surface area contributed by atoms with E-state index in [-0.39, 0.29) is 36.4 Å². The summed E-state index contributed by atoms with van der Waals surface area (Å²) in [5, 5.41) is 9.94. The number of hydroxylamine groups is 2. The highest BCUT2D eigenvalue weighted by Crippen LogP contribution is 2.14. The van der Waals surface area contributed by atoms with E-state index in [9.17, 15) is 19.6 Å². The van der Waals surface area contributed by atoms with Gasteiger partial charge >= 0.3 is 0 Å². The number of hydrogen-bond donors (Lipinski definition) is 3. The number of unbranched alkanes of at least 4 members (excludes halogenated alkanes) is 2. The number of hydrogen-bond acceptors (Lipinski definition) is 7. The topological polar surface area (TPSA) is 128 Å². The van der Waals surface area contributed by atoms with Crippen LogP contribution in [-0.2, 0) is 9.59 Å². The SMILES string of the molecule is CCCCCC(CN(O)C=O)C(=O)NNc1nc(C)cc(C(=O)N2CCCCC2)n1. The van der Waals surface area contributed by atoms with Gasteiger partial charge in [0.15, 0.2) is 0 Å². The molecule has 2 heterocycles. The number of amides is 3. The summed E-state index contributed by atoms with van der Waals surface area (Å²) in [4.78, 5) is 46.2. The number of likely N-dealkylation sites (tertiary alicyclic amines) is 1. The molecule has 2 rings (SSSR count). The first-order valence-electron chi connectivity index (χ1n) is 10.6. The molecule has 0 aliphatic carbocycles. The first-order chi connectivity index (χ1) is 14.4. The van der Waals surface area contributed by atoms with Gasteiger partial charge in [-0.3, -0.25) is 30.4 Å². The van der Waals surface area contributed by atoms with Crippen molar-refractivity contribution in [3.05, 3.63) is 17.5 Å². The maximum atomic E-state index is 12.7. The van der Waals surface area contributed by atoms with Crippen LogP contribution in [0.25, 0.3) is 0 Å². The molecule has 0 radical (unpaired) electrons. The molecule has 0 aromatic carbocycles. The minimum Gasteiger partial charge on any atom is -0.337 e. The van der Waals surface area contributed by atoms with Gasteiger partial charge in [0.25, 0.3) is 5.91 Å². The molecule has 30 heavy (non-hydrogen) atoms. The van der Waals surface area contributed by atoms with E-state index in [1.807, 2.05) is 0 Å². The Morgan fingerprint density at radius 2 is 2.00 bits per heavy atom. The molecule has 1 aromatic rings. The van der Waals surface area contributed by atoms with Crippen LogP contribution >= 0.6 is 0 Å². The number of nitrogens with zero attached hydrogens (tertiary/aromatic N) is 4. The number of carbonyl (C=O) groups excluding carboxylic acids is 3. The molecule has 0 spiro atoms. The molecule has 1 aliphatic heterocycles. The maximum absolute atomic E-state index is 12.7. The first-order valence-corrected chi connectivity index (χ1v) is 10.6. The van der Waals surface area contributed by atoms with Gasteiger partial charge in [0.2, 0.25) is 18.3 Å². The molecule has 10 nitrogen and oxygen atoms in total. The number of nitrogens with one attached hydrogen (secondary N) is 2. The van der Waals surface area contributed by atoms with Gasteiger partial charge in [-0.25, -0.2) is 15.0 Å². The lowest BCUT2D eigenvalue weighted by molar-refractivity contribution is -0.154. The number of hydrazine groups is 1. The molecular weight excluding hydrogens is 388 g/mol. The Balaban J connectivity index is 2.01. The third-order valence-corrected chi connectivity index (χ3v) is 5.07. The Hall–Kier alpha value is -2.75. The third-order valence-electron chi connectivity index (χ3n) is 5.07. The molecule has 1 saturated heterocycles. The van der Waals surface area contributed by atoms with Crippen molar-refractivity contribution >= 4 is 24.2 Å². The lowest BCUT2D eigenvalue weighted by Crippen LogP contribution is -2.41. The number of anilines is 1. The summed E-state index contributed by atoms with van der Waals surface area (Å²) in [6.45, 7) is 5.14. The van der Waals surface area contributed by atoms with Crippen molar-refractivity contribution in [2.75, 3.05) is 25.1 Å². The van der Waals surface area contributed by atoms with E-state index in [1.165, 1.54) is 0 Å². The predicted molar refractivity (Wildman–Crippen MR) is 110 cm³/mol. The van der Waals surface area contributed by atoms with Crippen molar-refractivity contribution in [3.8, 4) is 0 Å². The van der Waals surface area contributed by atoms with E-state index >= 15 is 0 Å². The van der Waals surface area contributed by atoms with E-state index in [2.05, 4.69) is 27.7 Å². The number of aryl methyl sites for hydroxylation is 1. The van der Waals surface area contributed by atoms with Gasteiger partial charge < -0.3 is 4.90 Å². The first kappa shape index (κ1) is 23.5. The second-order valence-corrected chi connectivity index (χ2v) is 7.61. The Morgan fingerprint density at radius 3 is 2.67 bits per heavy atom. The Morgan fingerprint density at radius 1 is 1.27 bits per heavy atom. The summed E-state index contributed by atoms with van der Waals surface area (Å²) < 4.78 is 0. The summed E-state index contributed by atoms with van der Waals surface area (Å²) in [6.07, 6.45) is 6.64. The highest BCUT2D eigenvalue weighted by atomic mass is 16.5. The molecule has 1 aliphatic rings. The van der Waals surface area contributed by atoms with Crippen molar-refractivity contribution in [2.45, 2.75) is 58.8 Å². The number of aromatic nitrogens is 2. The van der Waals surface area contributed by atoms with Gasteiger partial charge in [-0.1, -0.05) is 26.2 Å². The van der Waals surface area contributed by atoms with Crippen molar-refractivity contribution in [3.63, 3.8) is 0 Å². The monoisotopic (exact) mass is 420 g/mol. The van der Waals surface area contributed by atoms with Gasteiger partial charge in [-0.15, -0.1) is 0 Å². The van der Waals surface area contributed by atoms with Crippen LogP contribution < -0.4 is 10.9 Å². The molecule has 1 aromatic heterocycles. The maximum Gasteiger partial charge on any atom is 0.272 e. The molecular formula is C20H32N6O4.